The fourth-order valence-corrected chi connectivity index (χ4v) is 4.03. The van der Waals surface area contributed by atoms with Crippen molar-refractivity contribution in [3.05, 3.63) is 89.1 Å². The summed E-state index contributed by atoms with van der Waals surface area (Å²) in [6, 6.07) is 16.7. The molecular formula is C24H19N7O2. The van der Waals surface area contributed by atoms with Crippen molar-refractivity contribution in [3.63, 3.8) is 0 Å². The van der Waals surface area contributed by atoms with Gasteiger partial charge in [-0.05, 0) is 49.2 Å². The predicted molar refractivity (Wildman–Crippen MR) is 119 cm³/mol. The van der Waals surface area contributed by atoms with E-state index in [1.807, 2.05) is 48.2 Å². The quantitative estimate of drug-likeness (QED) is 0.390. The molecule has 0 aliphatic carbocycles. The number of nitriles is 1. The molecule has 2 aromatic carbocycles. The maximum Gasteiger partial charge on any atom is 0.376 e. The fourth-order valence-electron chi connectivity index (χ4n) is 4.03. The molecule has 3 heterocycles. The lowest BCUT2D eigenvalue weighted by Crippen LogP contribution is -2.30. The first-order valence-electron chi connectivity index (χ1n) is 10.4. The number of benzene rings is 2. The van der Waals surface area contributed by atoms with Crippen LogP contribution >= 0.6 is 0 Å². The second-order valence-electron chi connectivity index (χ2n) is 7.53. The molecule has 0 amide bonds. The highest BCUT2D eigenvalue weighted by Gasteiger charge is 2.39. The predicted octanol–water partition coefficient (Wildman–Crippen LogP) is 3.85. The Balaban J connectivity index is 1.79. The third-order valence-corrected chi connectivity index (χ3v) is 5.43. The number of carbonyl (C=O) groups is 1. The summed E-state index contributed by atoms with van der Waals surface area (Å²) < 4.78 is 7.01. The highest BCUT2D eigenvalue weighted by atomic mass is 16.5. The molecule has 1 aliphatic heterocycles. The van der Waals surface area contributed by atoms with Crippen LogP contribution < -0.4 is 4.90 Å². The van der Waals surface area contributed by atoms with E-state index in [9.17, 15) is 10.1 Å². The van der Waals surface area contributed by atoms with Gasteiger partial charge in [0.05, 0.1) is 30.0 Å². The first-order chi connectivity index (χ1) is 16.1. The van der Waals surface area contributed by atoms with Gasteiger partial charge in [-0.2, -0.15) is 5.26 Å². The zero-order valence-corrected chi connectivity index (χ0v) is 18.0. The number of rotatable bonds is 4. The monoisotopic (exact) mass is 437 g/mol. The van der Waals surface area contributed by atoms with Gasteiger partial charge in [0.2, 0.25) is 11.8 Å². The largest absolute Gasteiger partial charge is 0.460 e. The van der Waals surface area contributed by atoms with Crippen LogP contribution in [0.3, 0.4) is 0 Å². The number of aromatic nitrogens is 5. The molecular weight excluding hydrogens is 418 g/mol. The van der Waals surface area contributed by atoms with Crippen LogP contribution in [0.1, 0.15) is 45.8 Å². The molecule has 0 saturated heterocycles. The molecule has 0 saturated carbocycles. The summed E-state index contributed by atoms with van der Waals surface area (Å²) in [6.07, 6.45) is 3.21. The minimum atomic E-state index is -0.570. The van der Waals surface area contributed by atoms with E-state index >= 15 is 0 Å². The Morgan fingerprint density at radius 3 is 2.73 bits per heavy atom. The Bertz CT molecular complexity index is 1390. The SMILES string of the molecule is CCOC(=O)c1nnc2n1C(c1ccc(C#N)cc1)c1cncnc1N2c1cccc(C)c1. The van der Waals surface area contributed by atoms with Gasteiger partial charge in [-0.1, -0.05) is 24.3 Å². The lowest BCUT2D eigenvalue weighted by Gasteiger charge is -2.35. The molecule has 9 heteroatoms. The maximum absolute atomic E-state index is 12.8. The van der Waals surface area contributed by atoms with Crippen molar-refractivity contribution in [2.75, 3.05) is 11.5 Å². The van der Waals surface area contributed by atoms with E-state index in [4.69, 9.17) is 4.74 Å². The number of hydrogen-bond donors (Lipinski definition) is 0. The average Bonchev–Trinajstić information content (AvgIpc) is 3.27. The first kappa shape index (κ1) is 20.3. The molecule has 1 aliphatic rings. The Kier molecular flexibility index (Phi) is 5.03. The van der Waals surface area contributed by atoms with E-state index in [1.165, 1.54) is 6.33 Å². The van der Waals surface area contributed by atoms with Crippen LogP contribution in [0.15, 0.2) is 61.1 Å². The molecule has 4 aromatic rings. The van der Waals surface area contributed by atoms with E-state index in [1.54, 1.807) is 29.8 Å². The van der Waals surface area contributed by atoms with Gasteiger partial charge in [0, 0.05) is 11.8 Å². The summed E-state index contributed by atoms with van der Waals surface area (Å²) >= 11 is 0. The molecule has 33 heavy (non-hydrogen) atoms. The minimum absolute atomic E-state index is 0.0772. The molecule has 2 aromatic heterocycles. The van der Waals surface area contributed by atoms with Crippen LogP contribution in [-0.2, 0) is 4.74 Å². The molecule has 0 fully saturated rings. The summed E-state index contributed by atoms with van der Waals surface area (Å²) in [6.45, 7) is 3.96. The third-order valence-electron chi connectivity index (χ3n) is 5.43. The van der Waals surface area contributed by atoms with Crippen molar-refractivity contribution < 1.29 is 9.53 Å². The van der Waals surface area contributed by atoms with Crippen molar-refractivity contribution in [2.24, 2.45) is 0 Å². The number of nitrogens with zero attached hydrogens (tertiary/aromatic N) is 7. The number of aryl methyl sites for hydroxylation is 1. The van der Waals surface area contributed by atoms with Crippen LogP contribution in [0.2, 0.25) is 0 Å². The van der Waals surface area contributed by atoms with Crippen LogP contribution in [0, 0.1) is 18.3 Å². The maximum atomic E-state index is 12.8. The van der Waals surface area contributed by atoms with E-state index in [2.05, 4.69) is 26.2 Å². The van der Waals surface area contributed by atoms with Crippen LogP contribution in [0.25, 0.3) is 0 Å². The Hall–Kier alpha value is -4.58. The van der Waals surface area contributed by atoms with Crippen molar-refractivity contribution >= 4 is 23.4 Å². The van der Waals surface area contributed by atoms with E-state index in [0.29, 0.717) is 17.3 Å². The lowest BCUT2D eigenvalue weighted by molar-refractivity contribution is 0.0505. The standard InChI is InChI=1S/C24H19N7O2/c1-3-33-23(32)22-28-29-24-30(18-6-4-5-15(2)11-18)21-19(13-26-14-27-21)20(31(22)24)17-9-7-16(12-25)8-10-17/h4-11,13-14,20H,3H2,1-2H3. The molecule has 1 atom stereocenters. The lowest BCUT2D eigenvalue weighted by atomic mass is 9.96. The molecule has 162 valence electrons. The van der Waals surface area contributed by atoms with Crippen LogP contribution in [0.4, 0.5) is 17.5 Å². The van der Waals surface area contributed by atoms with E-state index in [0.717, 1.165) is 22.4 Å². The summed E-state index contributed by atoms with van der Waals surface area (Å²) in [5, 5.41) is 17.8. The summed E-state index contributed by atoms with van der Waals surface area (Å²) in [5.41, 5.74) is 4.03. The van der Waals surface area contributed by atoms with E-state index in [-0.39, 0.29) is 12.4 Å². The number of esters is 1. The van der Waals surface area contributed by atoms with Gasteiger partial charge >= 0.3 is 5.97 Å². The number of hydrogen-bond acceptors (Lipinski definition) is 8. The van der Waals surface area contributed by atoms with Crippen LogP contribution in [0.5, 0.6) is 0 Å². The number of fused-ring (bicyclic) bond motifs is 2. The zero-order chi connectivity index (χ0) is 22.9. The smallest absolute Gasteiger partial charge is 0.376 e. The Morgan fingerprint density at radius 1 is 1.18 bits per heavy atom. The summed E-state index contributed by atoms with van der Waals surface area (Å²) in [7, 11) is 0. The molecule has 9 nitrogen and oxygen atoms in total. The first-order valence-corrected chi connectivity index (χ1v) is 10.4. The molecule has 0 radical (unpaired) electrons. The highest BCUT2D eigenvalue weighted by Crippen LogP contribution is 2.46. The second kappa shape index (κ2) is 8.16. The molecule has 5 rings (SSSR count). The highest BCUT2D eigenvalue weighted by molar-refractivity contribution is 5.88. The van der Waals surface area contributed by atoms with Gasteiger partial charge in [0.1, 0.15) is 12.1 Å². The number of carbonyl (C=O) groups excluding carboxylic acids is 1. The second-order valence-corrected chi connectivity index (χ2v) is 7.53. The van der Waals surface area contributed by atoms with Crippen molar-refractivity contribution in [1.82, 2.24) is 24.7 Å². The fraction of sp³-hybridized carbons (Fsp3) is 0.167. The molecule has 1 unspecified atom stereocenters. The number of anilines is 3. The number of ether oxygens (including phenoxy) is 1. The van der Waals surface area contributed by atoms with Gasteiger partial charge in [-0.3, -0.25) is 9.47 Å². The Morgan fingerprint density at radius 2 is 2.00 bits per heavy atom. The minimum Gasteiger partial charge on any atom is -0.460 e. The topological polar surface area (TPSA) is 110 Å². The molecule has 0 spiro atoms. The van der Waals surface area contributed by atoms with E-state index < -0.39 is 12.0 Å². The molecule has 0 bridgehead atoms. The summed E-state index contributed by atoms with van der Waals surface area (Å²) in [4.78, 5) is 23.5. The molecule has 0 N–H and O–H groups in total. The normalized spacial score (nSPS) is 14.2. The third kappa shape index (κ3) is 3.38. The van der Waals surface area contributed by atoms with Crippen molar-refractivity contribution in [1.29, 1.82) is 5.26 Å². The van der Waals surface area contributed by atoms with Gasteiger partial charge in [-0.15, -0.1) is 10.2 Å². The van der Waals surface area contributed by atoms with Gasteiger partial charge in [0.25, 0.3) is 0 Å². The van der Waals surface area contributed by atoms with Crippen molar-refractivity contribution in [3.8, 4) is 6.07 Å². The Labute approximate surface area is 189 Å². The summed E-state index contributed by atoms with van der Waals surface area (Å²) in [5.74, 6) is 0.581. The van der Waals surface area contributed by atoms with Crippen LogP contribution in [-0.4, -0.2) is 37.3 Å². The zero-order valence-electron chi connectivity index (χ0n) is 18.0. The van der Waals surface area contributed by atoms with Crippen molar-refractivity contribution in [2.45, 2.75) is 19.9 Å². The van der Waals surface area contributed by atoms with Gasteiger partial charge in [0.15, 0.2) is 0 Å². The average molecular weight is 437 g/mol. The van der Waals surface area contributed by atoms with Gasteiger partial charge < -0.3 is 4.74 Å². The van der Waals surface area contributed by atoms with Gasteiger partial charge in [-0.25, -0.2) is 14.8 Å².